The molecule has 1 aliphatic heterocycles. The molecule has 0 bridgehead atoms. The van der Waals surface area contributed by atoms with Crippen LogP contribution in [0.1, 0.15) is 15.9 Å². The van der Waals surface area contributed by atoms with Crippen LogP contribution in [0, 0.1) is 0 Å². The molecule has 0 saturated heterocycles. The van der Waals surface area contributed by atoms with Crippen LogP contribution < -0.4 is 10.1 Å². The Balaban J connectivity index is 2.06. The van der Waals surface area contributed by atoms with Crippen LogP contribution >= 0.6 is 0 Å². The predicted molar refractivity (Wildman–Crippen MR) is 87.1 cm³/mol. The lowest BCUT2D eigenvalue weighted by Gasteiger charge is -2.12. The molecule has 3 aromatic rings. The summed E-state index contributed by atoms with van der Waals surface area (Å²) in [6, 6.07) is 18.2. The fourth-order valence-electron chi connectivity index (χ4n) is 3.13. The molecule has 0 unspecified atom stereocenters. The van der Waals surface area contributed by atoms with Crippen molar-refractivity contribution in [3.63, 3.8) is 0 Å². The molecule has 0 atom stereocenters. The highest BCUT2D eigenvalue weighted by molar-refractivity contribution is 6.12. The van der Waals surface area contributed by atoms with Crippen molar-refractivity contribution in [1.82, 2.24) is 5.32 Å². The number of hydrogen-bond acceptors (Lipinski definition) is 2. The molecule has 0 fully saturated rings. The van der Waals surface area contributed by atoms with E-state index in [4.69, 9.17) is 4.74 Å². The normalized spacial score (nSPS) is 13.0. The maximum absolute atomic E-state index is 12.3. The van der Waals surface area contributed by atoms with Gasteiger partial charge in [0.15, 0.2) is 0 Å². The van der Waals surface area contributed by atoms with Crippen LogP contribution in [0.4, 0.5) is 0 Å². The lowest BCUT2D eigenvalue weighted by Crippen LogP contribution is -2.13. The van der Waals surface area contributed by atoms with E-state index in [9.17, 15) is 4.79 Å². The van der Waals surface area contributed by atoms with Gasteiger partial charge in [-0.1, -0.05) is 36.4 Å². The number of benzene rings is 3. The second-order valence-corrected chi connectivity index (χ2v) is 5.42. The van der Waals surface area contributed by atoms with Crippen molar-refractivity contribution in [2.45, 2.75) is 6.54 Å². The molecule has 1 amide bonds. The highest BCUT2D eigenvalue weighted by atomic mass is 16.5. The Morgan fingerprint density at radius 3 is 2.55 bits per heavy atom. The van der Waals surface area contributed by atoms with Crippen molar-refractivity contribution in [2.75, 3.05) is 7.11 Å². The Kier molecular flexibility index (Phi) is 2.86. The zero-order valence-corrected chi connectivity index (χ0v) is 12.2. The lowest BCUT2D eigenvalue weighted by molar-refractivity contribution is 0.0966. The second-order valence-electron chi connectivity index (χ2n) is 5.42. The first-order valence-electron chi connectivity index (χ1n) is 7.25. The summed E-state index contributed by atoms with van der Waals surface area (Å²) in [5.74, 6) is 0.816. The number of amides is 1. The van der Waals surface area contributed by atoms with Crippen molar-refractivity contribution in [2.24, 2.45) is 0 Å². The summed E-state index contributed by atoms with van der Waals surface area (Å²) >= 11 is 0. The zero-order chi connectivity index (χ0) is 15.1. The highest BCUT2D eigenvalue weighted by Crippen LogP contribution is 2.37. The van der Waals surface area contributed by atoms with Crippen molar-refractivity contribution in [3.8, 4) is 16.9 Å². The highest BCUT2D eigenvalue weighted by Gasteiger charge is 2.25. The molecule has 3 heteroatoms. The minimum absolute atomic E-state index is 0.00608. The summed E-state index contributed by atoms with van der Waals surface area (Å²) in [6.07, 6.45) is 0. The van der Waals surface area contributed by atoms with Gasteiger partial charge in [0, 0.05) is 12.1 Å². The molecule has 22 heavy (non-hydrogen) atoms. The first kappa shape index (κ1) is 12.9. The van der Waals surface area contributed by atoms with Gasteiger partial charge in [-0.05, 0) is 40.1 Å². The number of rotatable bonds is 2. The number of fused-ring (bicyclic) bond motifs is 2. The topological polar surface area (TPSA) is 38.3 Å². The Morgan fingerprint density at radius 2 is 1.77 bits per heavy atom. The third-order valence-corrected chi connectivity index (χ3v) is 4.18. The standard InChI is InChI=1S/C19H15NO2/c1-22-15-8-6-12(7-9-15)17-16-5-3-2-4-13(16)10-14-11-20-19(21)18(14)17/h2-10H,11H2,1H3,(H,20,21). The van der Waals surface area contributed by atoms with Crippen LogP contribution in [0.15, 0.2) is 54.6 Å². The Hall–Kier alpha value is -2.81. The minimum Gasteiger partial charge on any atom is -0.497 e. The third kappa shape index (κ3) is 1.86. The average molecular weight is 289 g/mol. The molecule has 4 rings (SSSR count). The van der Waals surface area contributed by atoms with Crippen molar-refractivity contribution in [1.29, 1.82) is 0 Å². The van der Waals surface area contributed by atoms with E-state index in [1.54, 1.807) is 7.11 Å². The van der Waals surface area contributed by atoms with E-state index < -0.39 is 0 Å². The molecule has 1 heterocycles. The molecule has 0 aliphatic carbocycles. The smallest absolute Gasteiger partial charge is 0.252 e. The summed E-state index contributed by atoms with van der Waals surface area (Å²) < 4.78 is 5.23. The van der Waals surface area contributed by atoms with Crippen LogP contribution in [0.2, 0.25) is 0 Å². The number of carbonyl (C=O) groups excluding carboxylic acids is 1. The third-order valence-electron chi connectivity index (χ3n) is 4.18. The van der Waals surface area contributed by atoms with Gasteiger partial charge in [-0.15, -0.1) is 0 Å². The summed E-state index contributed by atoms with van der Waals surface area (Å²) in [4.78, 5) is 12.3. The van der Waals surface area contributed by atoms with Crippen LogP contribution in [-0.2, 0) is 6.54 Å². The summed E-state index contributed by atoms with van der Waals surface area (Å²) in [6.45, 7) is 0.599. The number of ether oxygens (including phenoxy) is 1. The van der Waals surface area contributed by atoms with Crippen molar-refractivity contribution >= 4 is 16.7 Å². The summed E-state index contributed by atoms with van der Waals surface area (Å²) in [5.41, 5.74) is 3.90. The molecule has 0 aromatic heterocycles. The van der Waals surface area contributed by atoms with Gasteiger partial charge in [0.05, 0.1) is 12.7 Å². The molecule has 0 radical (unpaired) electrons. The van der Waals surface area contributed by atoms with Gasteiger partial charge in [-0.25, -0.2) is 0 Å². The van der Waals surface area contributed by atoms with Crippen LogP contribution in [0.5, 0.6) is 5.75 Å². The van der Waals surface area contributed by atoms with E-state index in [1.165, 1.54) is 0 Å². The van der Waals surface area contributed by atoms with E-state index in [1.807, 2.05) is 36.4 Å². The SMILES string of the molecule is COc1ccc(-c2c3c(cc4ccccc24)CNC3=O)cc1. The molecule has 108 valence electrons. The van der Waals surface area contributed by atoms with Crippen LogP contribution in [0.3, 0.4) is 0 Å². The van der Waals surface area contributed by atoms with Gasteiger partial charge >= 0.3 is 0 Å². The predicted octanol–water partition coefficient (Wildman–Crippen LogP) is 3.76. The van der Waals surface area contributed by atoms with Gasteiger partial charge in [0.1, 0.15) is 5.75 Å². The molecule has 3 nitrogen and oxygen atoms in total. The van der Waals surface area contributed by atoms with Gasteiger partial charge in [-0.2, -0.15) is 0 Å². The number of nitrogens with one attached hydrogen (secondary N) is 1. The largest absolute Gasteiger partial charge is 0.497 e. The lowest BCUT2D eigenvalue weighted by atomic mass is 9.90. The molecular formula is C19H15NO2. The zero-order valence-electron chi connectivity index (χ0n) is 12.2. The molecule has 0 saturated carbocycles. The van der Waals surface area contributed by atoms with Crippen LogP contribution in [0.25, 0.3) is 21.9 Å². The molecule has 0 spiro atoms. The fraction of sp³-hybridized carbons (Fsp3) is 0.105. The minimum atomic E-state index is 0.00608. The summed E-state index contributed by atoms with van der Waals surface area (Å²) in [5, 5.41) is 5.19. The Labute approximate surface area is 128 Å². The van der Waals surface area contributed by atoms with Gasteiger partial charge in [-0.3, -0.25) is 4.79 Å². The average Bonchev–Trinajstić information content (AvgIpc) is 2.94. The second kappa shape index (κ2) is 4.88. The first-order valence-corrected chi connectivity index (χ1v) is 7.25. The molecule has 3 aromatic carbocycles. The first-order chi connectivity index (χ1) is 10.8. The monoisotopic (exact) mass is 289 g/mol. The van der Waals surface area contributed by atoms with E-state index in [0.29, 0.717) is 6.54 Å². The van der Waals surface area contributed by atoms with E-state index in [2.05, 4.69) is 23.5 Å². The quantitative estimate of drug-likeness (QED) is 0.780. The molecule has 1 N–H and O–H groups in total. The fourth-order valence-corrected chi connectivity index (χ4v) is 3.13. The number of methoxy groups -OCH3 is 1. The number of carbonyl (C=O) groups is 1. The Bertz CT molecular complexity index is 882. The number of hydrogen-bond donors (Lipinski definition) is 1. The molecular weight excluding hydrogens is 274 g/mol. The van der Waals surface area contributed by atoms with Crippen LogP contribution in [-0.4, -0.2) is 13.0 Å². The van der Waals surface area contributed by atoms with Gasteiger partial charge in [0.2, 0.25) is 0 Å². The Morgan fingerprint density at radius 1 is 1.00 bits per heavy atom. The van der Waals surface area contributed by atoms with Gasteiger partial charge in [0.25, 0.3) is 5.91 Å². The van der Waals surface area contributed by atoms with E-state index in [0.717, 1.165) is 38.8 Å². The van der Waals surface area contributed by atoms with Crippen molar-refractivity contribution in [3.05, 3.63) is 65.7 Å². The van der Waals surface area contributed by atoms with Gasteiger partial charge < -0.3 is 10.1 Å². The maximum atomic E-state index is 12.3. The maximum Gasteiger partial charge on any atom is 0.252 e. The molecule has 1 aliphatic rings. The van der Waals surface area contributed by atoms with E-state index in [-0.39, 0.29) is 5.91 Å². The summed E-state index contributed by atoms with van der Waals surface area (Å²) in [7, 11) is 1.65. The van der Waals surface area contributed by atoms with Crippen molar-refractivity contribution < 1.29 is 9.53 Å². The van der Waals surface area contributed by atoms with E-state index >= 15 is 0 Å².